The van der Waals surface area contributed by atoms with E-state index in [0.29, 0.717) is 25.0 Å². The zero-order valence-corrected chi connectivity index (χ0v) is 16.3. The molecule has 0 unspecified atom stereocenters. The van der Waals surface area contributed by atoms with Gasteiger partial charge in [0, 0.05) is 12.0 Å². The van der Waals surface area contributed by atoms with Crippen LogP contribution in [-0.2, 0) is 11.2 Å². The van der Waals surface area contributed by atoms with Gasteiger partial charge in [-0.05, 0) is 55.0 Å². The van der Waals surface area contributed by atoms with Gasteiger partial charge in [-0.25, -0.2) is 4.98 Å². The van der Waals surface area contributed by atoms with Gasteiger partial charge in [0.05, 0.1) is 28.4 Å². The number of rotatable bonds is 5. The van der Waals surface area contributed by atoms with Gasteiger partial charge in [-0.15, -0.1) is 11.3 Å². The summed E-state index contributed by atoms with van der Waals surface area (Å²) in [5, 5.41) is 1.18. The third kappa shape index (κ3) is 3.66. The fourth-order valence-corrected chi connectivity index (χ4v) is 4.96. The molecule has 1 fully saturated rings. The van der Waals surface area contributed by atoms with E-state index >= 15 is 0 Å². The third-order valence-corrected chi connectivity index (χ3v) is 6.47. The van der Waals surface area contributed by atoms with E-state index in [-0.39, 0.29) is 6.10 Å². The van der Waals surface area contributed by atoms with Gasteiger partial charge in [0.1, 0.15) is 6.10 Å². The monoisotopic (exact) mass is 396 g/mol. The molecule has 0 atom stereocenters. The summed E-state index contributed by atoms with van der Waals surface area (Å²) < 4.78 is 26.4. The van der Waals surface area contributed by atoms with Crippen molar-refractivity contribution in [3.8, 4) is 5.88 Å². The molecule has 3 heterocycles. The summed E-state index contributed by atoms with van der Waals surface area (Å²) in [6.07, 6.45) is 5.81. The van der Waals surface area contributed by atoms with Crippen LogP contribution >= 0.6 is 11.3 Å². The molecular weight excluding hydrogens is 375 g/mol. The van der Waals surface area contributed by atoms with Crippen LogP contribution in [-0.4, -0.2) is 29.3 Å². The summed E-state index contributed by atoms with van der Waals surface area (Å²) in [6, 6.07) is 11.4. The molecule has 2 aliphatic rings. The molecular formula is C22H21FN2O2S. The summed E-state index contributed by atoms with van der Waals surface area (Å²) in [7, 11) is 0. The Bertz CT molecular complexity index is 993. The van der Waals surface area contributed by atoms with Crippen LogP contribution in [0.3, 0.4) is 0 Å². The SMILES string of the molecule is Fc1ccc(C2=CCOCC2)c(OC2CC(Cc3nc4ccccc4s3)C2)n1. The highest BCUT2D eigenvalue weighted by atomic mass is 32.1. The minimum atomic E-state index is -0.503. The topological polar surface area (TPSA) is 44.2 Å². The second-order valence-electron chi connectivity index (χ2n) is 7.40. The van der Waals surface area contributed by atoms with E-state index in [1.165, 1.54) is 15.8 Å². The average molecular weight is 396 g/mol. The molecule has 1 aromatic carbocycles. The quantitative estimate of drug-likeness (QED) is 0.567. The number of hydrogen-bond donors (Lipinski definition) is 0. The average Bonchev–Trinajstić information content (AvgIpc) is 3.10. The van der Waals surface area contributed by atoms with Crippen molar-refractivity contribution in [1.82, 2.24) is 9.97 Å². The van der Waals surface area contributed by atoms with Crippen LogP contribution in [0.15, 0.2) is 42.5 Å². The van der Waals surface area contributed by atoms with E-state index in [2.05, 4.69) is 23.2 Å². The second kappa shape index (κ2) is 7.60. The van der Waals surface area contributed by atoms with Crippen molar-refractivity contribution in [3.63, 3.8) is 0 Å². The molecule has 1 aliphatic carbocycles. The van der Waals surface area contributed by atoms with E-state index in [1.807, 2.05) is 12.1 Å². The molecule has 6 heteroatoms. The van der Waals surface area contributed by atoms with Crippen LogP contribution in [0.5, 0.6) is 5.88 Å². The number of pyridine rings is 1. The molecule has 1 aliphatic heterocycles. The molecule has 28 heavy (non-hydrogen) atoms. The predicted octanol–water partition coefficient (Wildman–Crippen LogP) is 5.03. The zero-order chi connectivity index (χ0) is 18.9. The first-order chi connectivity index (χ1) is 13.7. The van der Waals surface area contributed by atoms with Gasteiger partial charge in [0.2, 0.25) is 11.8 Å². The number of ether oxygens (including phenoxy) is 2. The first kappa shape index (κ1) is 17.8. The van der Waals surface area contributed by atoms with Crippen molar-refractivity contribution >= 4 is 27.1 Å². The number of halogens is 1. The second-order valence-corrected chi connectivity index (χ2v) is 8.51. The van der Waals surface area contributed by atoms with Crippen molar-refractivity contribution < 1.29 is 13.9 Å². The van der Waals surface area contributed by atoms with Crippen LogP contribution in [0, 0.1) is 11.9 Å². The Kier molecular flexibility index (Phi) is 4.82. The first-order valence-electron chi connectivity index (χ1n) is 9.69. The van der Waals surface area contributed by atoms with Gasteiger partial charge in [0.15, 0.2) is 0 Å². The summed E-state index contributed by atoms with van der Waals surface area (Å²) >= 11 is 1.77. The Balaban J connectivity index is 1.24. The van der Waals surface area contributed by atoms with Crippen molar-refractivity contribution in [3.05, 3.63) is 59.0 Å². The van der Waals surface area contributed by atoms with Crippen LogP contribution in [0.4, 0.5) is 4.39 Å². The van der Waals surface area contributed by atoms with Crippen molar-refractivity contribution in [2.45, 2.75) is 31.8 Å². The largest absolute Gasteiger partial charge is 0.474 e. The minimum Gasteiger partial charge on any atom is -0.474 e. The molecule has 0 bridgehead atoms. The van der Waals surface area contributed by atoms with Gasteiger partial charge in [-0.1, -0.05) is 18.2 Å². The van der Waals surface area contributed by atoms with E-state index < -0.39 is 5.95 Å². The Hall–Kier alpha value is -2.31. The van der Waals surface area contributed by atoms with Crippen LogP contribution in [0.25, 0.3) is 15.8 Å². The Morgan fingerprint density at radius 1 is 1.14 bits per heavy atom. The molecule has 0 saturated heterocycles. The molecule has 144 valence electrons. The molecule has 3 aromatic rings. The van der Waals surface area contributed by atoms with E-state index in [0.717, 1.165) is 42.3 Å². The molecule has 0 N–H and O–H groups in total. The van der Waals surface area contributed by atoms with Crippen LogP contribution in [0.1, 0.15) is 29.8 Å². The Morgan fingerprint density at radius 2 is 2.04 bits per heavy atom. The number of nitrogens with zero attached hydrogens (tertiary/aromatic N) is 2. The highest BCUT2D eigenvalue weighted by Gasteiger charge is 2.33. The number of hydrogen-bond acceptors (Lipinski definition) is 5. The lowest BCUT2D eigenvalue weighted by atomic mass is 9.80. The highest BCUT2D eigenvalue weighted by molar-refractivity contribution is 7.18. The number of aromatic nitrogens is 2. The summed E-state index contributed by atoms with van der Waals surface area (Å²) in [5.74, 6) is 0.471. The van der Waals surface area contributed by atoms with Crippen molar-refractivity contribution in [1.29, 1.82) is 0 Å². The number of para-hydroxylation sites is 1. The highest BCUT2D eigenvalue weighted by Crippen LogP contribution is 2.37. The molecule has 0 radical (unpaired) electrons. The minimum absolute atomic E-state index is 0.0906. The van der Waals surface area contributed by atoms with Crippen molar-refractivity contribution in [2.24, 2.45) is 5.92 Å². The normalized spacial score (nSPS) is 22.0. The maximum Gasteiger partial charge on any atom is 0.223 e. The Morgan fingerprint density at radius 3 is 2.86 bits per heavy atom. The summed E-state index contributed by atoms with van der Waals surface area (Å²) in [5.41, 5.74) is 3.09. The lowest BCUT2D eigenvalue weighted by Crippen LogP contribution is -2.35. The van der Waals surface area contributed by atoms with Crippen LogP contribution in [0.2, 0.25) is 0 Å². The van der Waals surface area contributed by atoms with E-state index in [9.17, 15) is 4.39 Å². The van der Waals surface area contributed by atoms with Crippen LogP contribution < -0.4 is 4.74 Å². The fourth-order valence-electron chi connectivity index (χ4n) is 3.87. The molecule has 5 rings (SSSR count). The third-order valence-electron chi connectivity index (χ3n) is 5.41. The van der Waals surface area contributed by atoms with Crippen molar-refractivity contribution in [2.75, 3.05) is 13.2 Å². The standard InChI is InChI=1S/C22H21FN2O2S/c23-20-6-5-17(15-7-9-26-10-8-15)22(25-20)27-16-11-14(12-16)13-21-24-18-3-1-2-4-19(18)28-21/h1-7,14,16H,8-13H2. The summed E-state index contributed by atoms with van der Waals surface area (Å²) in [4.78, 5) is 8.75. The molecule has 4 nitrogen and oxygen atoms in total. The molecule has 1 saturated carbocycles. The van der Waals surface area contributed by atoms with Gasteiger partial charge >= 0.3 is 0 Å². The lowest BCUT2D eigenvalue weighted by molar-refractivity contribution is 0.0599. The number of fused-ring (bicyclic) bond motifs is 1. The van der Waals surface area contributed by atoms with Gasteiger partial charge in [-0.2, -0.15) is 9.37 Å². The molecule has 0 spiro atoms. The lowest BCUT2D eigenvalue weighted by Gasteiger charge is -2.35. The molecule has 0 amide bonds. The van der Waals surface area contributed by atoms with E-state index in [1.54, 1.807) is 17.4 Å². The maximum absolute atomic E-state index is 13.7. The maximum atomic E-state index is 13.7. The predicted molar refractivity (Wildman–Crippen MR) is 108 cm³/mol. The fraction of sp³-hybridized carbons (Fsp3) is 0.364. The van der Waals surface area contributed by atoms with Gasteiger partial charge < -0.3 is 9.47 Å². The smallest absolute Gasteiger partial charge is 0.223 e. The summed E-state index contributed by atoms with van der Waals surface area (Å²) in [6.45, 7) is 1.26. The van der Waals surface area contributed by atoms with Gasteiger partial charge in [-0.3, -0.25) is 0 Å². The first-order valence-corrected chi connectivity index (χ1v) is 10.5. The number of benzene rings is 1. The number of thiazole rings is 1. The Labute approximate surface area is 167 Å². The van der Waals surface area contributed by atoms with Gasteiger partial charge in [0.25, 0.3) is 0 Å². The molecule has 2 aromatic heterocycles. The zero-order valence-electron chi connectivity index (χ0n) is 15.4. The van der Waals surface area contributed by atoms with E-state index in [4.69, 9.17) is 14.5 Å².